The monoisotopic (exact) mass is 1530 g/mol. The van der Waals surface area contributed by atoms with E-state index in [0.29, 0.717) is 0 Å². The SMILES string of the molecule is CCCCCCCP(CCCCCCC)(CCCCCCC)=[N+]=P(CCCCCCC)(CCCCCCC)CCCCCCC.FC(F)(F)c1cc([B-](c2cc(C(F)(F)F)cc(C(F)(F)F)c2)(c2cc(C(F)(F)F)cc(C(F)(F)F)c2)c2cc(C(F)(F)F)cc(C(F)(F)F)c2)cc(C(F)(F)F)c1. The molecule has 584 valence electrons. The van der Waals surface area contributed by atoms with Crippen molar-refractivity contribution in [3.8, 4) is 0 Å². The summed E-state index contributed by atoms with van der Waals surface area (Å²) < 4.78 is 347. The number of nitrogens with zero attached hydrogens (tertiary/aromatic N) is 1. The summed E-state index contributed by atoms with van der Waals surface area (Å²) in [5.41, 5.74) is -30.2. The lowest BCUT2D eigenvalue weighted by Gasteiger charge is -2.46. The number of hydrogen-bond acceptors (Lipinski definition) is 0. The molecule has 1 nitrogen and oxygen atoms in total. The van der Waals surface area contributed by atoms with Crippen LogP contribution in [-0.2, 0) is 49.4 Å². The maximum atomic E-state index is 14.2. The van der Waals surface area contributed by atoms with E-state index in [0.717, 1.165) is 0 Å². The summed E-state index contributed by atoms with van der Waals surface area (Å²) in [4.78, 5) is 0. The van der Waals surface area contributed by atoms with Gasteiger partial charge < -0.3 is 0 Å². The van der Waals surface area contributed by atoms with Crippen LogP contribution in [0.5, 0.6) is 0 Å². The van der Waals surface area contributed by atoms with Gasteiger partial charge in [-0.05, 0) is 62.8 Å². The van der Waals surface area contributed by atoms with Crippen molar-refractivity contribution in [1.82, 2.24) is 4.17 Å². The highest BCUT2D eigenvalue weighted by Gasteiger charge is 2.48. The first kappa shape index (κ1) is 92.0. The molecule has 0 aliphatic carbocycles. The first-order valence-corrected chi connectivity index (χ1v) is 40.8. The zero-order chi connectivity index (χ0) is 77.1. The highest BCUT2D eigenvalue weighted by molar-refractivity contribution is 7.73. The highest BCUT2D eigenvalue weighted by atomic mass is 31.2. The van der Waals surface area contributed by atoms with Gasteiger partial charge in [0.15, 0.2) is 0 Å². The molecule has 0 radical (unpaired) electrons. The topological polar surface area (TPSA) is 14.1 Å². The highest BCUT2D eigenvalue weighted by Crippen LogP contribution is 2.57. The normalized spacial score (nSPS) is 13.4. The van der Waals surface area contributed by atoms with Crippen LogP contribution in [0.1, 0.15) is 279 Å². The summed E-state index contributed by atoms with van der Waals surface area (Å²) in [5, 5.41) is 0. The summed E-state index contributed by atoms with van der Waals surface area (Å²) >= 11 is 0. The van der Waals surface area contributed by atoms with Crippen LogP contribution < -0.4 is 26.0 Å². The lowest BCUT2D eigenvalue weighted by Crippen LogP contribution is -2.75. The minimum atomic E-state index is -6.13. The fourth-order valence-corrected chi connectivity index (χ4v) is 25.1. The van der Waals surface area contributed by atoms with Crippen LogP contribution in [0.3, 0.4) is 0 Å². The summed E-state index contributed by atoms with van der Waals surface area (Å²) in [7, 11) is -2.55. The van der Waals surface area contributed by atoms with Gasteiger partial charge >= 0.3 is 49.4 Å². The molecule has 0 atom stereocenters. The van der Waals surface area contributed by atoms with Crippen molar-refractivity contribution in [1.29, 1.82) is 0 Å². The van der Waals surface area contributed by atoms with E-state index in [1.807, 2.05) is 0 Å². The van der Waals surface area contributed by atoms with Crippen LogP contribution in [-0.4, -0.2) is 43.1 Å². The molecule has 4 aromatic carbocycles. The fraction of sp³-hybridized carbons (Fsp3) is 0.676. The van der Waals surface area contributed by atoms with E-state index in [-0.39, 0.29) is 0 Å². The van der Waals surface area contributed by atoms with Gasteiger partial charge in [0.25, 0.3) is 0 Å². The van der Waals surface area contributed by atoms with Crippen LogP contribution in [0.2, 0.25) is 0 Å². The molecule has 0 spiro atoms. The van der Waals surface area contributed by atoms with E-state index in [1.165, 1.54) is 230 Å². The Bertz CT molecular complexity index is 2660. The van der Waals surface area contributed by atoms with Crippen molar-refractivity contribution in [3.63, 3.8) is 0 Å². The van der Waals surface area contributed by atoms with Crippen molar-refractivity contribution in [2.24, 2.45) is 0 Å². The third-order valence-electron chi connectivity index (χ3n) is 18.9. The summed E-state index contributed by atoms with van der Waals surface area (Å²) in [6, 6.07) is -8.81. The number of unbranched alkanes of at least 4 members (excludes halogenated alkanes) is 24. The molecule has 0 saturated carbocycles. The zero-order valence-electron chi connectivity index (χ0n) is 59.4. The van der Waals surface area contributed by atoms with E-state index in [2.05, 4.69) is 41.5 Å². The minimum Gasteiger partial charge on any atom is -0.194 e. The van der Waals surface area contributed by atoms with Gasteiger partial charge in [-0.2, -0.15) is 131 Å². The third kappa shape index (κ3) is 29.9. The Hall–Kier alpha value is -4.17. The Balaban J connectivity index is 0.000000547. The Morgan fingerprint density at radius 1 is 0.206 bits per heavy atom. The van der Waals surface area contributed by atoms with Gasteiger partial charge in [0.05, 0.1) is 44.5 Å². The second kappa shape index (κ2) is 41.2. The second-order valence-electron chi connectivity index (χ2n) is 27.3. The zero-order valence-corrected chi connectivity index (χ0v) is 61.2. The molecule has 0 aromatic heterocycles. The number of halogens is 24. The van der Waals surface area contributed by atoms with Crippen molar-refractivity contribution in [3.05, 3.63) is 117 Å². The first-order valence-electron chi connectivity index (χ1n) is 36.2. The van der Waals surface area contributed by atoms with E-state index in [1.54, 1.807) is 0 Å². The maximum absolute atomic E-state index is 14.2. The van der Waals surface area contributed by atoms with E-state index < -0.39 is 209 Å². The van der Waals surface area contributed by atoms with Crippen LogP contribution in [0.4, 0.5) is 105 Å². The molecule has 4 aromatic rings. The quantitative estimate of drug-likeness (QED) is 0.0139. The summed E-state index contributed by atoms with van der Waals surface area (Å²) in [5.74, 6) is 0. The van der Waals surface area contributed by atoms with Gasteiger partial charge in [0, 0.05) is 37.0 Å². The molecule has 102 heavy (non-hydrogen) atoms. The average molecular weight is 1530 g/mol. The molecule has 0 amide bonds. The minimum absolute atomic E-state index is 0.691. The summed E-state index contributed by atoms with van der Waals surface area (Å²) in [6.45, 7) is 14.2. The lowest BCUT2D eigenvalue weighted by atomic mass is 9.12. The smallest absolute Gasteiger partial charge is 0.194 e. The Labute approximate surface area is 587 Å². The number of benzene rings is 4. The largest absolute Gasteiger partial charge is 0.416 e. The van der Waals surface area contributed by atoms with Crippen molar-refractivity contribution in [2.75, 3.05) is 37.0 Å². The second-order valence-corrected chi connectivity index (χ2v) is 35.1. The Kier molecular flexibility index (Phi) is 37.2. The third-order valence-corrected chi connectivity index (χ3v) is 28.8. The van der Waals surface area contributed by atoms with Crippen LogP contribution in [0, 0.1) is 0 Å². The van der Waals surface area contributed by atoms with Crippen molar-refractivity contribution < 1.29 is 105 Å². The molecule has 0 unspecified atom stereocenters. The molecule has 0 heterocycles. The van der Waals surface area contributed by atoms with Gasteiger partial charge in [0.2, 0.25) is 14.1 Å². The average Bonchev–Trinajstić information content (AvgIpc) is 0.708. The molecule has 0 aliphatic heterocycles. The maximum Gasteiger partial charge on any atom is 0.416 e. The van der Waals surface area contributed by atoms with Gasteiger partial charge in [-0.25, -0.2) is 0 Å². The number of rotatable bonds is 40. The standard InChI is InChI=1S/C42H90NP2.C32H12BF24/c1-7-13-19-25-31-37-44(38-32-26-20-14-8-2,39-33-27-21-15-9-3)43-45(40-34-28-22-16-10-4,41-35-29-23-17-11-5)42-36-30-24-18-12-6;34-25(35,36)13-1-14(26(37,38)39)6-21(5-13)33(22-7-15(27(40,41)42)2-16(8-22)28(43,44)45,23-9-17(29(46,47)48)3-18(10-23)30(49,50)51)24-11-19(31(52,53)54)4-20(12-24)32(55,56)57/h7-42H2,1-6H3;1-12H/q+1;-1. The van der Waals surface area contributed by atoms with Crippen LogP contribution in [0.15, 0.2) is 72.8 Å². The van der Waals surface area contributed by atoms with Crippen molar-refractivity contribution >= 4 is 42.1 Å². The van der Waals surface area contributed by atoms with Gasteiger partial charge in [-0.1, -0.05) is 244 Å². The van der Waals surface area contributed by atoms with Gasteiger partial charge in [0.1, 0.15) is 6.15 Å². The van der Waals surface area contributed by atoms with Crippen LogP contribution >= 0.6 is 14.1 Å². The summed E-state index contributed by atoms with van der Waals surface area (Å²) in [6.07, 6.45) is -2.56. The lowest BCUT2D eigenvalue weighted by molar-refractivity contribution is -0.144. The molecule has 0 N–H and O–H groups in total. The Morgan fingerprint density at radius 2 is 0.333 bits per heavy atom. The predicted octanol–water partition coefficient (Wildman–Crippen LogP) is 27.5. The molecular formula is C74H102BF24NP2. The fourth-order valence-electron chi connectivity index (χ4n) is 13.5. The number of hydrogen-bond donors (Lipinski definition) is 0. The molecular weight excluding hydrogens is 1430 g/mol. The number of alkyl halides is 24. The molecule has 0 fully saturated rings. The molecule has 0 bridgehead atoms. The van der Waals surface area contributed by atoms with Crippen molar-refractivity contribution in [2.45, 2.75) is 284 Å². The Morgan fingerprint density at radius 3 is 0.451 bits per heavy atom. The van der Waals surface area contributed by atoms with E-state index in [4.69, 9.17) is 4.17 Å². The molecule has 28 heteroatoms. The predicted molar refractivity (Wildman–Crippen MR) is 368 cm³/mol. The molecule has 4 rings (SSSR count). The van der Waals surface area contributed by atoms with E-state index >= 15 is 0 Å². The first-order chi connectivity index (χ1) is 47.3. The van der Waals surface area contributed by atoms with E-state index in [9.17, 15) is 105 Å². The molecule has 0 saturated heterocycles. The molecule has 0 aliphatic rings. The van der Waals surface area contributed by atoms with Gasteiger partial charge in [-0.3, -0.25) is 0 Å². The van der Waals surface area contributed by atoms with Gasteiger partial charge in [-0.15, -0.1) is 0 Å². The van der Waals surface area contributed by atoms with Crippen LogP contribution in [0.25, 0.3) is 0 Å².